The minimum absolute atomic E-state index is 0.341. The fourth-order valence-corrected chi connectivity index (χ4v) is 1.67. The van der Waals surface area contributed by atoms with E-state index in [0.29, 0.717) is 6.04 Å². The molecular weight excluding hydrogens is 166 g/mol. The summed E-state index contributed by atoms with van der Waals surface area (Å²) in [6.45, 7) is 2.92. The van der Waals surface area contributed by atoms with Crippen LogP contribution in [0.15, 0.2) is 6.33 Å². The molecule has 0 amide bonds. The van der Waals surface area contributed by atoms with E-state index in [1.165, 1.54) is 0 Å². The molecule has 2 heterocycles. The first-order chi connectivity index (χ1) is 6.25. The van der Waals surface area contributed by atoms with Gasteiger partial charge in [-0.3, -0.25) is 9.58 Å². The maximum Gasteiger partial charge on any atom is 0.140 e. The third-order valence-corrected chi connectivity index (χ3v) is 2.48. The molecule has 1 saturated heterocycles. The zero-order valence-electron chi connectivity index (χ0n) is 7.85. The maximum absolute atomic E-state index is 5.81. The van der Waals surface area contributed by atoms with Crippen molar-refractivity contribution in [2.24, 2.45) is 12.8 Å². The summed E-state index contributed by atoms with van der Waals surface area (Å²) in [5.74, 6) is 1.01. The van der Waals surface area contributed by atoms with Gasteiger partial charge in [-0.05, 0) is 6.42 Å². The summed E-state index contributed by atoms with van der Waals surface area (Å²) < 4.78 is 1.81. The lowest BCUT2D eigenvalue weighted by Crippen LogP contribution is -2.27. The van der Waals surface area contributed by atoms with Crippen LogP contribution in [0.3, 0.4) is 0 Å². The lowest BCUT2D eigenvalue weighted by Gasteiger charge is -2.13. The van der Waals surface area contributed by atoms with Gasteiger partial charge in [0.05, 0.1) is 6.54 Å². The lowest BCUT2D eigenvalue weighted by atomic mass is 10.3. The molecule has 1 aliphatic heterocycles. The summed E-state index contributed by atoms with van der Waals surface area (Å²) in [6, 6.07) is 0.341. The molecule has 2 N–H and O–H groups in total. The van der Waals surface area contributed by atoms with Crippen molar-refractivity contribution in [1.29, 1.82) is 0 Å². The second-order valence-corrected chi connectivity index (χ2v) is 3.58. The molecule has 0 bridgehead atoms. The van der Waals surface area contributed by atoms with Gasteiger partial charge in [-0.2, -0.15) is 5.10 Å². The molecule has 0 aliphatic carbocycles. The third-order valence-electron chi connectivity index (χ3n) is 2.48. The molecule has 1 atom stereocenters. The molecule has 0 saturated carbocycles. The van der Waals surface area contributed by atoms with Gasteiger partial charge >= 0.3 is 0 Å². The smallest absolute Gasteiger partial charge is 0.140 e. The van der Waals surface area contributed by atoms with Crippen LogP contribution >= 0.6 is 0 Å². The van der Waals surface area contributed by atoms with Crippen LogP contribution in [0.1, 0.15) is 12.2 Å². The molecule has 1 aliphatic rings. The number of likely N-dealkylation sites (tertiary alicyclic amines) is 1. The summed E-state index contributed by atoms with van der Waals surface area (Å²) in [4.78, 5) is 6.49. The molecule has 13 heavy (non-hydrogen) atoms. The molecule has 1 aromatic rings. The Kier molecular flexibility index (Phi) is 2.28. The summed E-state index contributed by atoms with van der Waals surface area (Å²) in [5, 5.41) is 4.03. The molecule has 72 valence electrons. The minimum Gasteiger partial charge on any atom is -0.326 e. The van der Waals surface area contributed by atoms with Gasteiger partial charge in [0.1, 0.15) is 12.2 Å². The Morgan fingerprint density at radius 2 is 2.54 bits per heavy atom. The first-order valence-electron chi connectivity index (χ1n) is 4.56. The summed E-state index contributed by atoms with van der Waals surface area (Å²) in [7, 11) is 1.92. The molecule has 5 nitrogen and oxygen atoms in total. The second kappa shape index (κ2) is 3.43. The normalized spacial score (nSPS) is 24.0. The third kappa shape index (κ3) is 1.87. The SMILES string of the molecule is Cn1ncnc1CN1CC[C@@H](N)C1. The number of aryl methyl sites for hydroxylation is 1. The first kappa shape index (κ1) is 8.65. The van der Waals surface area contributed by atoms with E-state index in [0.717, 1.165) is 31.9 Å². The zero-order valence-corrected chi connectivity index (χ0v) is 7.85. The van der Waals surface area contributed by atoms with Crippen LogP contribution in [0, 0.1) is 0 Å². The van der Waals surface area contributed by atoms with Crippen LogP contribution in [0.5, 0.6) is 0 Å². The molecule has 1 fully saturated rings. The highest BCUT2D eigenvalue weighted by atomic mass is 15.3. The van der Waals surface area contributed by atoms with E-state index >= 15 is 0 Å². The van der Waals surface area contributed by atoms with E-state index in [4.69, 9.17) is 5.73 Å². The fourth-order valence-electron chi connectivity index (χ4n) is 1.67. The quantitative estimate of drug-likeness (QED) is 0.658. The van der Waals surface area contributed by atoms with E-state index in [-0.39, 0.29) is 0 Å². The van der Waals surface area contributed by atoms with E-state index in [9.17, 15) is 0 Å². The monoisotopic (exact) mass is 181 g/mol. The first-order valence-corrected chi connectivity index (χ1v) is 4.56. The van der Waals surface area contributed by atoms with Crippen molar-refractivity contribution in [2.45, 2.75) is 19.0 Å². The molecule has 0 aromatic carbocycles. The fraction of sp³-hybridized carbons (Fsp3) is 0.750. The van der Waals surface area contributed by atoms with Crippen LogP contribution in [-0.4, -0.2) is 38.8 Å². The van der Waals surface area contributed by atoms with Gasteiger partial charge in [0.25, 0.3) is 0 Å². The predicted molar refractivity (Wildman–Crippen MR) is 48.9 cm³/mol. The van der Waals surface area contributed by atoms with Crippen LogP contribution in [-0.2, 0) is 13.6 Å². The molecule has 0 spiro atoms. The second-order valence-electron chi connectivity index (χ2n) is 3.58. The molecule has 0 unspecified atom stereocenters. The van der Waals surface area contributed by atoms with Gasteiger partial charge < -0.3 is 5.73 Å². The van der Waals surface area contributed by atoms with Crippen LogP contribution in [0.25, 0.3) is 0 Å². The lowest BCUT2D eigenvalue weighted by molar-refractivity contribution is 0.312. The van der Waals surface area contributed by atoms with Gasteiger partial charge in [0, 0.05) is 26.2 Å². The number of rotatable bonds is 2. The molecular formula is C8H15N5. The van der Waals surface area contributed by atoms with Gasteiger partial charge in [-0.25, -0.2) is 4.98 Å². The Hall–Kier alpha value is -0.940. The van der Waals surface area contributed by atoms with Crippen molar-refractivity contribution >= 4 is 0 Å². The Morgan fingerprint density at radius 3 is 3.08 bits per heavy atom. The zero-order chi connectivity index (χ0) is 9.26. The number of nitrogens with two attached hydrogens (primary N) is 1. The van der Waals surface area contributed by atoms with Crippen molar-refractivity contribution in [2.75, 3.05) is 13.1 Å². The van der Waals surface area contributed by atoms with Gasteiger partial charge in [0.15, 0.2) is 0 Å². The number of hydrogen-bond donors (Lipinski definition) is 1. The van der Waals surface area contributed by atoms with E-state index in [2.05, 4.69) is 15.0 Å². The van der Waals surface area contributed by atoms with E-state index in [1.807, 2.05) is 11.7 Å². The Balaban J connectivity index is 1.95. The summed E-state index contributed by atoms with van der Waals surface area (Å²) in [5.41, 5.74) is 5.81. The van der Waals surface area contributed by atoms with Gasteiger partial charge in [-0.15, -0.1) is 0 Å². The van der Waals surface area contributed by atoms with Crippen LogP contribution in [0.2, 0.25) is 0 Å². The topological polar surface area (TPSA) is 60.0 Å². The van der Waals surface area contributed by atoms with E-state index in [1.54, 1.807) is 6.33 Å². The molecule has 0 radical (unpaired) electrons. The number of hydrogen-bond acceptors (Lipinski definition) is 4. The highest BCUT2D eigenvalue weighted by Gasteiger charge is 2.20. The van der Waals surface area contributed by atoms with Gasteiger partial charge in [0.2, 0.25) is 0 Å². The van der Waals surface area contributed by atoms with Gasteiger partial charge in [-0.1, -0.05) is 0 Å². The van der Waals surface area contributed by atoms with Crippen molar-refractivity contribution < 1.29 is 0 Å². The largest absolute Gasteiger partial charge is 0.326 e. The predicted octanol–water partition coefficient (Wildman–Crippen LogP) is -0.652. The maximum atomic E-state index is 5.81. The minimum atomic E-state index is 0.341. The van der Waals surface area contributed by atoms with E-state index < -0.39 is 0 Å². The highest BCUT2D eigenvalue weighted by molar-refractivity contribution is 4.87. The summed E-state index contributed by atoms with van der Waals surface area (Å²) >= 11 is 0. The van der Waals surface area contributed by atoms with Crippen molar-refractivity contribution in [3.8, 4) is 0 Å². The Morgan fingerprint density at radius 1 is 1.69 bits per heavy atom. The number of aromatic nitrogens is 3. The van der Waals surface area contributed by atoms with Crippen molar-refractivity contribution in [3.05, 3.63) is 12.2 Å². The Bertz CT molecular complexity index is 282. The standard InChI is InChI=1S/C8H15N5/c1-12-8(10-6-11-12)5-13-3-2-7(9)4-13/h6-7H,2-5,9H2,1H3/t7-/m1/s1. The molecule has 1 aromatic heterocycles. The van der Waals surface area contributed by atoms with Crippen molar-refractivity contribution in [1.82, 2.24) is 19.7 Å². The summed E-state index contributed by atoms with van der Waals surface area (Å²) in [6.07, 6.45) is 2.68. The van der Waals surface area contributed by atoms with Crippen LogP contribution in [0.4, 0.5) is 0 Å². The highest BCUT2D eigenvalue weighted by Crippen LogP contribution is 2.09. The Labute approximate surface area is 77.5 Å². The molecule has 2 rings (SSSR count). The van der Waals surface area contributed by atoms with Crippen LogP contribution < -0.4 is 5.73 Å². The molecule has 5 heteroatoms. The average Bonchev–Trinajstić information content (AvgIpc) is 2.64. The van der Waals surface area contributed by atoms with Crippen molar-refractivity contribution in [3.63, 3.8) is 0 Å². The number of nitrogens with zero attached hydrogens (tertiary/aromatic N) is 4. The average molecular weight is 181 g/mol.